The standard InChI is InChI=1S/C14H20ClN3O2/c15-12-3-1-2-11(8-12)4-5-17-14(19)18-10-13-9-16-6-7-20-13/h1-3,8,13,16H,4-7,9-10H2,(H2,17,18,19). The molecule has 1 unspecified atom stereocenters. The zero-order chi connectivity index (χ0) is 14.2. The number of benzene rings is 1. The average Bonchev–Trinajstić information content (AvgIpc) is 2.46. The molecule has 1 saturated heterocycles. The highest BCUT2D eigenvalue weighted by Crippen LogP contribution is 2.10. The molecule has 1 fully saturated rings. The number of nitrogens with one attached hydrogen (secondary N) is 3. The van der Waals surface area contributed by atoms with Crippen molar-refractivity contribution in [3.8, 4) is 0 Å². The molecular weight excluding hydrogens is 278 g/mol. The first-order valence-corrected chi connectivity index (χ1v) is 7.20. The summed E-state index contributed by atoms with van der Waals surface area (Å²) in [6, 6.07) is 7.48. The highest BCUT2D eigenvalue weighted by atomic mass is 35.5. The van der Waals surface area contributed by atoms with Gasteiger partial charge < -0.3 is 20.7 Å². The Morgan fingerprint density at radius 3 is 3.10 bits per heavy atom. The van der Waals surface area contributed by atoms with Gasteiger partial charge in [0.15, 0.2) is 0 Å². The van der Waals surface area contributed by atoms with E-state index in [2.05, 4.69) is 16.0 Å². The second kappa shape index (κ2) is 8.09. The van der Waals surface area contributed by atoms with Crippen LogP contribution in [-0.4, -0.2) is 44.9 Å². The summed E-state index contributed by atoms with van der Waals surface area (Å²) in [5, 5.41) is 9.57. The number of carbonyl (C=O) groups excluding carboxylic acids is 1. The minimum Gasteiger partial charge on any atom is -0.374 e. The van der Waals surface area contributed by atoms with Gasteiger partial charge in [0.2, 0.25) is 0 Å². The van der Waals surface area contributed by atoms with Crippen LogP contribution in [0.2, 0.25) is 5.02 Å². The Bertz CT molecular complexity index is 436. The molecule has 1 aliphatic heterocycles. The molecule has 1 atom stereocenters. The zero-order valence-electron chi connectivity index (χ0n) is 11.3. The maximum atomic E-state index is 11.6. The van der Waals surface area contributed by atoms with Crippen LogP contribution in [0.5, 0.6) is 0 Å². The van der Waals surface area contributed by atoms with Crippen molar-refractivity contribution in [2.45, 2.75) is 12.5 Å². The Balaban J connectivity index is 1.60. The summed E-state index contributed by atoms with van der Waals surface area (Å²) in [6.45, 7) is 3.46. The quantitative estimate of drug-likeness (QED) is 0.764. The molecule has 1 aliphatic rings. The van der Waals surface area contributed by atoms with Crippen molar-refractivity contribution in [1.82, 2.24) is 16.0 Å². The molecule has 0 radical (unpaired) electrons. The fourth-order valence-electron chi connectivity index (χ4n) is 2.03. The first-order valence-electron chi connectivity index (χ1n) is 6.82. The second-order valence-corrected chi connectivity index (χ2v) is 5.15. The fourth-order valence-corrected chi connectivity index (χ4v) is 2.25. The highest BCUT2D eigenvalue weighted by Gasteiger charge is 2.13. The predicted octanol–water partition coefficient (Wildman–Crippen LogP) is 1.17. The maximum Gasteiger partial charge on any atom is 0.314 e. The van der Waals surface area contributed by atoms with Crippen molar-refractivity contribution in [3.63, 3.8) is 0 Å². The SMILES string of the molecule is O=C(NCCc1cccc(Cl)c1)NCC1CNCCO1. The lowest BCUT2D eigenvalue weighted by molar-refractivity contribution is 0.0307. The van der Waals surface area contributed by atoms with E-state index in [1.165, 1.54) is 0 Å². The minimum atomic E-state index is -0.166. The van der Waals surface area contributed by atoms with E-state index in [4.69, 9.17) is 16.3 Å². The number of hydrogen-bond donors (Lipinski definition) is 3. The Morgan fingerprint density at radius 1 is 1.45 bits per heavy atom. The number of amides is 2. The van der Waals surface area contributed by atoms with Crippen LogP contribution in [0, 0.1) is 0 Å². The molecule has 2 rings (SSSR count). The molecule has 3 N–H and O–H groups in total. The van der Waals surface area contributed by atoms with E-state index in [1.54, 1.807) is 0 Å². The van der Waals surface area contributed by atoms with Crippen molar-refractivity contribution >= 4 is 17.6 Å². The molecule has 20 heavy (non-hydrogen) atoms. The van der Waals surface area contributed by atoms with Gasteiger partial charge in [0.25, 0.3) is 0 Å². The van der Waals surface area contributed by atoms with Crippen LogP contribution in [0.25, 0.3) is 0 Å². The second-order valence-electron chi connectivity index (χ2n) is 4.71. The zero-order valence-corrected chi connectivity index (χ0v) is 12.1. The van der Waals surface area contributed by atoms with E-state index in [1.807, 2.05) is 24.3 Å². The summed E-state index contributed by atoms with van der Waals surface area (Å²) >= 11 is 5.90. The predicted molar refractivity (Wildman–Crippen MR) is 79.2 cm³/mol. The summed E-state index contributed by atoms with van der Waals surface area (Å²) in [7, 11) is 0. The Hall–Kier alpha value is -1.30. The number of morpholine rings is 1. The molecule has 6 heteroatoms. The third-order valence-corrected chi connectivity index (χ3v) is 3.32. The largest absolute Gasteiger partial charge is 0.374 e. The van der Waals surface area contributed by atoms with Gasteiger partial charge in [-0.15, -0.1) is 0 Å². The lowest BCUT2D eigenvalue weighted by atomic mass is 10.1. The van der Waals surface area contributed by atoms with Crippen LogP contribution in [0.15, 0.2) is 24.3 Å². The number of urea groups is 1. The van der Waals surface area contributed by atoms with Crippen molar-refractivity contribution in [1.29, 1.82) is 0 Å². The summed E-state index contributed by atoms with van der Waals surface area (Å²) in [5.74, 6) is 0. The van der Waals surface area contributed by atoms with E-state index in [9.17, 15) is 4.79 Å². The van der Waals surface area contributed by atoms with Crippen LogP contribution in [-0.2, 0) is 11.2 Å². The molecule has 110 valence electrons. The number of carbonyl (C=O) groups is 1. The third-order valence-electron chi connectivity index (χ3n) is 3.08. The molecule has 0 aromatic heterocycles. The Morgan fingerprint density at radius 2 is 2.35 bits per heavy atom. The molecule has 0 saturated carbocycles. The molecule has 2 amide bonds. The van der Waals surface area contributed by atoms with Gasteiger partial charge in [-0.1, -0.05) is 23.7 Å². The molecule has 1 aromatic rings. The van der Waals surface area contributed by atoms with Crippen molar-refractivity contribution in [3.05, 3.63) is 34.9 Å². The maximum absolute atomic E-state index is 11.6. The number of ether oxygens (including phenoxy) is 1. The molecular formula is C14H20ClN3O2. The molecule has 0 spiro atoms. The van der Waals surface area contributed by atoms with Crippen LogP contribution in [0.1, 0.15) is 5.56 Å². The topological polar surface area (TPSA) is 62.4 Å². The van der Waals surface area contributed by atoms with Gasteiger partial charge in [-0.05, 0) is 24.1 Å². The first kappa shape index (κ1) is 15.1. The van der Waals surface area contributed by atoms with Gasteiger partial charge in [0.1, 0.15) is 0 Å². The summed E-state index contributed by atoms with van der Waals surface area (Å²) in [6.07, 6.45) is 0.817. The van der Waals surface area contributed by atoms with E-state index in [0.717, 1.165) is 25.1 Å². The molecule has 1 aromatic carbocycles. The number of halogens is 1. The number of hydrogen-bond acceptors (Lipinski definition) is 3. The third kappa shape index (κ3) is 5.36. The van der Waals surface area contributed by atoms with Gasteiger partial charge in [0, 0.05) is 31.2 Å². The average molecular weight is 298 g/mol. The Labute approximate surface area is 124 Å². The lowest BCUT2D eigenvalue weighted by Gasteiger charge is -2.23. The normalized spacial score (nSPS) is 18.6. The van der Waals surface area contributed by atoms with Gasteiger partial charge in [-0.25, -0.2) is 4.79 Å². The van der Waals surface area contributed by atoms with Crippen molar-refractivity contribution < 1.29 is 9.53 Å². The smallest absolute Gasteiger partial charge is 0.314 e. The summed E-state index contributed by atoms with van der Waals surface area (Å²) in [5.41, 5.74) is 1.11. The van der Waals surface area contributed by atoms with Crippen LogP contribution in [0.3, 0.4) is 0 Å². The van der Waals surface area contributed by atoms with Crippen molar-refractivity contribution in [2.75, 3.05) is 32.8 Å². The van der Waals surface area contributed by atoms with Gasteiger partial charge in [-0.3, -0.25) is 0 Å². The van der Waals surface area contributed by atoms with Gasteiger partial charge in [-0.2, -0.15) is 0 Å². The summed E-state index contributed by atoms with van der Waals surface area (Å²) < 4.78 is 5.50. The van der Waals surface area contributed by atoms with E-state index in [0.29, 0.717) is 24.7 Å². The molecule has 1 heterocycles. The van der Waals surface area contributed by atoms with Gasteiger partial charge >= 0.3 is 6.03 Å². The van der Waals surface area contributed by atoms with E-state index in [-0.39, 0.29) is 12.1 Å². The minimum absolute atomic E-state index is 0.0578. The Kier molecular flexibility index (Phi) is 6.11. The van der Waals surface area contributed by atoms with E-state index >= 15 is 0 Å². The fraction of sp³-hybridized carbons (Fsp3) is 0.500. The molecule has 0 aliphatic carbocycles. The number of rotatable bonds is 5. The highest BCUT2D eigenvalue weighted by molar-refractivity contribution is 6.30. The first-order chi connectivity index (χ1) is 9.74. The van der Waals surface area contributed by atoms with E-state index < -0.39 is 0 Å². The molecule has 5 nitrogen and oxygen atoms in total. The lowest BCUT2D eigenvalue weighted by Crippen LogP contribution is -2.47. The van der Waals surface area contributed by atoms with Crippen LogP contribution in [0.4, 0.5) is 4.79 Å². The monoisotopic (exact) mass is 297 g/mol. The molecule has 0 bridgehead atoms. The van der Waals surface area contributed by atoms with Crippen molar-refractivity contribution in [2.24, 2.45) is 0 Å². The van der Waals surface area contributed by atoms with Crippen LogP contribution >= 0.6 is 11.6 Å². The van der Waals surface area contributed by atoms with Gasteiger partial charge in [0.05, 0.1) is 12.7 Å². The summed E-state index contributed by atoms with van der Waals surface area (Å²) in [4.78, 5) is 11.6. The van der Waals surface area contributed by atoms with Crippen LogP contribution < -0.4 is 16.0 Å².